The van der Waals surface area contributed by atoms with Gasteiger partial charge >= 0.3 is 24.8 Å². The topological polar surface area (TPSA) is 343 Å². The molecule has 4 rings (SSSR count). The van der Waals surface area contributed by atoms with Gasteiger partial charge in [0.1, 0.15) is 11.2 Å². The second-order valence-electron chi connectivity index (χ2n) is 13.2. The van der Waals surface area contributed by atoms with Crippen LogP contribution in [0, 0.1) is 0 Å². The van der Waals surface area contributed by atoms with E-state index in [9.17, 15) is 39.6 Å². The van der Waals surface area contributed by atoms with Crippen LogP contribution in [0.15, 0.2) is 0 Å². The van der Waals surface area contributed by atoms with E-state index in [2.05, 4.69) is 20.1 Å². The Labute approximate surface area is 348 Å². The smallest absolute Gasteiger partial charge is 0.870 e. The van der Waals surface area contributed by atoms with E-state index in [-0.39, 0.29) is 67.2 Å². The van der Waals surface area contributed by atoms with Crippen LogP contribution in [-0.2, 0) is 62.4 Å². The minimum atomic E-state index is -3.39. The predicted molar refractivity (Wildman–Crippen MR) is 204 cm³/mol. The summed E-state index contributed by atoms with van der Waals surface area (Å²) in [5, 5.41) is 17.5. The van der Waals surface area contributed by atoms with E-state index < -0.39 is 51.9 Å². The zero-order valence-electron chi connectivity index (χ0n) is 33.3. The van der Waals surface area contributed by atoms with Gasteiger partial charge in [-0.25, -0.2) is 39.5 Å². The molecule has 0 spiro atoms. The maximum absolute atomic E-state index is 11.5. The number of carbonyl (C=O) groups excluding carboxylic acids is 2. The molecule has 4 fully saturated rings. The second kappa shape index (κ2) is 29.4. The zero-order chi connectivity index (χ0) is 41.0. The second-order valence-corrected chi connectivity index (χ2v) is 19.9. The molecule has 9 N–H and O–H groups in total. The molecule has 0 bridgehead atoms. The normalized spacial score (nSPS) is 26.0. The van der Waals surface area contributed by atoms with E-state index >= 15 is 0 Å². The van der Waals surface area contributed by atoms with Crippen LogP contribution >= 0.6 is 10.7 Å². The molecule has 0 radical (unpaired) electrons. The summed E-state index contributed by atoms with van der Waals surface area (Å²) in [6, 6.07) is 0. The first kappa shape index (κ1) is 61.8. The Balaban J connectivity index is -0.000000311. The zero-order valence-corrected chi connectivity index (χ0v) is 36.5. The maximum Gasteiger partial charge on any atom is 1.00 e. The molecular formula is C31H63ClLiN3O17S3. The molecule has 56 heavy (non-hydrogen) atoms. The fourth-order valence-corrected chi connectivity index (χ4v) is 6.34. The first-order valence-electron chi connectivity index (χ1n) is 17.2. The molecule has 330 valence electrons. The van der Waals surface area contributed by atoms with Crippen LogP contribution in [0.25, 0.3) is 0 Å². The molecule has 4 unspecified atom stereocenters. The fourth-order valence-electron chi connectivity index (χ4n) is 5.35. The van der Waals surface area contributed by atoms with Crippen molar-refractivity contribution in [3.63, 3.8) is 0 Å². The molecule has 0 aliphatic carbocycles. The monoisotopic (exact) mass is 887 g/mol. The SMILES string of the molecule is CC(=O)C1(CN)CCCCO1.CC(=O)C1(CNS(C)(=O)=O)CCCCO1.CS(=O)(=O)Cl.CS(=O)(=O)NCC1(C(=O)O)CCCCO1.O.OCC1CCCO1.[Li+].[OH-]. The average Bonchev–Trinajstić information content (AvgIpc) is 3.61. The molecule has 25 heteroatoms. The van der Waals surface area contributed by atoms with Crippen molar-refractivity contribution in [2.24, 2.45) is 5.73 Å². The largest absolute Gasteiger partial charge is 1.00 e. The van der Waals surface area contributed by atoms with Gasteiger partial charge in [-0.3, -0.25) is 9.59 Å². The number of rotatable bonds is 11. The van der Waals surface area contributed by atoms with Crippen LogP contribution in [-0.4, -0.2) is 158 Å². The molecule has 4 aliphatic rings. The van der Waals surface area contributed by atoms with Crippen LogP contribution in [0.5, 0.6) is 0 Å². The summed E-state index contributed by atoms with van der Waals surface area (Å²) in [6.07, 6.45) is 12.5. The first-order chi connectivity index (χ1) is 24.4. The molecule has 4 aliphatic heterocycles. The van der Waals surface area contributed by atoms with Gasteiger partial charge in [-0.1, -0.05) is 0 Å². The minimum Gasteiger partial charge on any atom is -0.870 e. The van der Waals surface area contributed by atoms with Crippen LogP contribution < -0.4 is 34.0 Å². The fraction of sp³-hybridized carbons (Fsp3) is 0.903. The summed E-state index contributed by atoms with van der Waals surface area (Å²) in [7, 11) is -5.36. The number of nitrogens with one attached hydrogen (secondary N) is 2. The number of ether oxygens (including phenoxy) is 4. The van der Waals surface area contributed by atoms with E-state index in [1.165, 1.54) is 6.92 Å². The van der Waals surface area contributed by atoms with Gasteiger partial charge in [-0.2, -0.15) is 0 Å². The number of carboxylic acids is 1. The standard InChI is InChI=1S/C9H17NO4S.C8H15NO5S.C8H15NO2.C5H10O2.CH3ClO2S.Li.2H2O/c1-8(11)9(5-3-4-6-14-9)7-10-15(2,12)13;1-15(12,13)9-6-8(7(10)11)4-2-3-5-14-8;1-7(10)8(6-9)4-2-3-5-11-8;6-4-5-2-1-3-7-5;1-5(2,3)4;;;/h10H,3-7H2,1-2H3;9H,2-6H2,1H3,(H,10,11);2-6,9H2,1H3;5-6H,1-4H2;1H3;;2*1H2/q;;;;;+1;;/p-1. The summed E-state index contributed by atoms with van der Waals surface area (Å²) in [4.78, 5) is 33.7. The van der Waals surface area contributed by atoms with Crippen LogP contribution in [0.1, 0.15) is 84.5 Å². The van der Waals surface area contributed by atoms with E-state index in [0.29, 0.717) is 39.2 Å². The number of carbonyl (C=O) groups is 3. The Morgan fingerprint density at radius 3 is 1.29 bits per heavy atom. The molecule has 0 aromatic carbocycles. The summed E-state index contributed by atoms with van der Waals surface area (Å²) in [6.45, 7) is 5.74. The Kier molecular flexibility index (Phi) is 32.4. The average molecular weight is 888 g/mol. The third-order valence-corrected chi connectivity index (χ3v) is 9.87. The first-order valence-corrected chi connectivity index (χ1v) is 23.7. The number of aliphatic carboxylic acids is 1. The summed E-state index contributed by atoms with van der Waals surface area (Å²) in [5.74, 6) is -1.16. The van der Waals surface area contributed by atoms with Crippen molar-refractivity contribution >= 4 is 57.3 Å². The maximum atomic E-state index is 11.5. The third-order valence-electron chi connectivity index (χ3n) is 8.53. The molecule has 0 saturated carbocycles. The Bertz CT molecular complexity index is 1370. The minimum absolute atomic E-state index is 0. The summed E-state index contributed by atoms with van der Waals surface area (Å²) >= 11 is 0. The number of halogens is 1. The van der Waals surface area contributed by atoms with Crippen LogP contribution in [0.4, 0.5) is 0 Å². The molecule has 4 saturated heterocycles. The number of aliphatic hydroxyl groups excluding tert-OH is 1. The summed E-state index contributed by atoms with van der Waals surface area (Å²) < 4.78 is 88.1. The molecule has 20 nitrogen and oxygen atoms in total. The van der Waals surface area contributed by atoms with Crippen LogP contribution in [0.3, 0.4) is 0 Å². The molecule has 4 atom stereocenters. The van der Waals surface area contributed by atoms with Crippen molar-refractivity contribution in [1.29, 1.82) is 0 Å². The van der Waals surface area contributed by atoms with Crippen molar-refractivity contribution in [1.82, 2.24) is 9.44 Å². The van der Waals surface area contributed by atoms with Gasteiger partial charge in [-0.15, -0.1) is 0 Å². The Hall–Kier alpha value is -0.853. The molecule has 0 amide bonds. The third kappa shape index (κ3) is 27.0. The molecule has 0 aromatic rings. The van der Waals surface area contributed by atoms with Gasteiger partial charge in [0.2, 0.25) is 29.1 Å². The van der Waals surface area contributed by atoms with E-state index in [1.807, 2.05) is 0 Å². The molecule has 0 aromatic heterocycles. The van der Waals surface area contributed by atoms with Gasteiger partial charge in [0, 0.05) is 50.2 Å². The van der Waals surface area contributed by atoms with Crippen molar-refractivity contribution in [3.8, 4) is 0 Å². The number of carboxylic acid groups (broad SMARTS) is 1. The van der Waals surface area contributed by atoms with Crippen molar-refractivity contribution in [2.75, 3.05) is 71.4 Å². The number of ketones is 2. The van der Waals surface area contributed by atoms with Crippen molar-refractivity contribution in [3.05, 3.63) is 0 Å². The van der Waals surface area contributed by atoms with Crippen molar-refractivity contribution in [2.45, 2.75) is 107 Å². The van der Waals surface area contributed by atoms with Gasteiger partial charge in [-0.05, 0) is 84.5 Å². The van der Waals surface area contributed by atoms with Gasteiger partial charge in [0.15, 0.2) is 17.2 Å². The van der Waals surface area contributed by atoms with Gasteiger partial charge in [0.25, 0.3) is 0 Å². The number of aliphatic hydroxyl groups is 1. The number of hydrogen-bond donors (Lipinski definition) is 5. The summed E-state index contributed by atoms with van der Waals surface area (Å²) in [5.41, 5.74) is 2.52. The van der Waals surface area contributed by atoms with Crippen molar-refractivity contribution < 1.29 is 98.6 Å². The van der Waals surface area contributed by atoms with Gasteiger partial charge in [0.05, 0.1) is 38.0 Å². The van der Waals surface area contributed by atoms with Crippen LogP contribution in [0.2, 0.25) is 0 Å². The Morgan fingerprint density at radius 1 is 0.714 bits per heavy atom. The number of nitrogens with two attached hydrogens (primary N) is 1. The predicted octanol–water partition coefficient (Wildman–Crippen LogP) is -3.56. The van der Waals surface area contributed by atoms with E-state index in [1.54, 1.807) is 6.92 Å². The Morgan fingerprint density at radius 2 is 1.07 bits per heavy atom. The van der Waals surface area contributed by atoms with E-state index in [4.69, 9.17) is 34.9 Å². The molecule has 4 heterocycles. The van der Waals surface area contributed by atoms with Gasteiger partial charge < -0.3 is 45.8 Å². The number of Topliss-reactive ketones (excluding diaryl/α,β-unsaturated/α-hetero) is 2. The number of sulfonamides is 2. The van der Waals surface area contributed by atoms with E-state index in [0.717, 1.165) is 83.2 Å². The molecular weight excluding hydrogens is 825 g/mol. The quantitative estimate of drug-likeness (QED) is 0.0990. The number of hydrogen-bond acceptors (Lipinski definition) is 16.